The van der Waals surface area contributed by atoms with Crippen LogP contribution in [0.3, 0.4) is 0 Å². The van der Waals surface area contributed by atoms with Crippen LogP contribution in [0.5, 0.6) is 0 Å². The Hall–Kier alpha value is -1.39. The van der Waals surface area contributed by atoms with Gasteiger partial charge in [0, 0.05) is 23.4 Å². The molecule has 2 N–H and O–H groups in total. The summed E-state index contributed by atoms with van der Waals surface area (Å²) in [6.45, 7) is 1.76. The monoisotopic (exact) mass is 256 g/mol. The molecule has 1 rings (SSSR count). The third-order valence-electron chi connectivity index (χ3n) is 2.36. The molecule has 0 aromatic heterocycles. The van der Waals surface area contributed by atoms with E-state index < -0.39 is 12.1 Å². The molecule has 17 heavy (non-hydrogen) atoms. The molecule has 1 atom stereocenters. The number of Topliss-reactive ketones (excluding diaryl/α,β-unsaturated/α-hetero) is 1. The Morgan fingerprint density at radius 2 is 2.06 bits per heavy atom. The number of hydrogen-bond acceptors (Lipinski definition) is 3. The first-order chi connectivity index (χ1) is 7.97. The van der Waals surface area contributed by atoms with Gasteiger partial charge >= 0.3 is 5.97 Å². The number of aliphatic carboxylic acids is 1. The van der Waals surface area contributed by atoms with E-state index in [0.717, 1.165) is 5.56 Å². The van der Waals surface area contributed by atoms with Gasteiger partial charge in [0.05, 0.1) is 0 Å². The molecule has 92 valence electrons. The van der Waals surface area contributed by atoms with Gasteiger partial charge in [-0.3, -0.25) is 4.79 Å². The van der Waals surface area contributed by atoms with Gasteiger partial charge in [0.15, 0.2) is 11.9 Å². The number of carboxylic acid groups (broad SMARTS) is 1. The van der Waals surface area contributed by atoms with Crippen molar-refractivity contribution >= 4 is 23.4 Å². The highest BCUT2D eigenvalue weighted by Crippen LogP contribution is 2.21. The van der Waals surface area contributed by atoms with Gasteiger partial charge in [-0.2, -0.15) is 0 Å². The molecule has 0 amide bonds. The van der Waals surface area contributed by atoms with Gasteiger partial charge in [-0.15, -0.1) is 11.6 Å². The zero-order valence-corrected chi connectivity index (χ0v) is 10.1. The quantitative estimate of drug-likeness (QED) is 0.624. The maximum Gasteiger partial charge on any atom is 0.337 e. The van der Waals surface area contributed by atoms with Crippen LogP contribution in [0.15, 0.2) is 18.2 Å². The summed E-state index contributed by atoms with van der Waals surface area (Å²) in [6.07, 6.45) is -1.58. The van der Waals surface area contributed by atoms with Gasteiger partial charge in [-0.25, -0.2) is 4.79 Å². The van der Waals surface area contributed by atoms with Crippen molar-refractivity contribution in [1.29, 1.82) is 0 Å². The number of alkyl halides is 1. The summed E-state index contributed by atoms with van der Waals surface area (Å²) >= 11 is 5.47. The highest BCUT2D eigenvalue weighted by atomic mass is 35.5. The van der Waals surface area contributed by atoms with Crippen LogP contribution < -0.4 is 0 Å². The Morgan fingerprint density at radius 3 is 2.59 bits per heavy atom. The molecule has 5 heteroatoms. The molecule has 0 aliphatic rings. The molecule has 0 saturated carbocycles. The summed E-state index contributed by atoms with van der Waals surface area (Å²) in [5, 5.41) is 18.3. The van der Waals surface area contributed by atoms with Crippen LogP contribution in [0.25, 0.3) is 0 Å². The molecular formula is C12H13ClO4. The Kier molecular flexibility index (Phi) is 4.66. The lowest BCUT2D eigenvalue weighted by atomic mass is 9.96. The normalized spacial score (nSPS) is 12.2. The minimum Gasteiger partial charge on any atom is -0.479 e. The smallest absolute Gasteiger partial charge is 0.337 e. The maximum atomic E-state index is 11.7. The Bertz CT molecular complexity index is 442. The molecule has 0 heterocycles. The van der Waals surface area contributed by atoms with E-state index in [0.29, 0.717) is 0 Å². The van der Waals surface area contributed by atoms with Gasteiger partial charge in [-0.1, -0.05) is 23.8 Å². The summed E-state index contributed by atoms with van der Waals surface area (Å²) in [5.41, 5.74) is 1.11. The van der Waals surface area contributed by atoms with Crippen molar-refractivity contribution in [2.45, 2.75) is 19.4 Å². The molecule has 0 aliphatic carbocycles. The van der Waals surface area contributed by atoms with Gasteiger partial charge < -0.3 is 10.2 Å². The summed E-state index contributed by atoms with van der Waals surface area (Å²) in [6, 6.07) is 4.71. The number of benzene rings is 1. The first-order valence-electron chi connectivity index (χ1n) is 5.08. The fraction of sp³-hybridized carbons (Fsp3) is 0.333. The number of hydrogen-bond donors (Lipinski definition) is 2. The van der Waals surface area contributed by atoms with Crippen molar-refractivity contribution in [2.75, 3.05) is 5.88 Å². The Morgan fingerprint density at radius 1 is 1.41 bits per heavy atom. The van der Waals surface area contributed by atoms with Crippen molar-refractivity contribution in [3.05, 3.63) is 34.9 Å². The standard InChI is InChI=1S/C12H13ClO4/c1-7-2-3-8(10(14)4-5-13)9(6-7)11(15)12(16)17/h2-3,6,11,15H,4-5H2,1H3,(H,16,17). The average molecular weight is 257 g/mol. The van der Waals surface area contributed by atoms with Crippen LogP contribution in [0.4, 0.5) is 0 Å². The second kappa shape index (κ2) is 5.80. The van der Waals surface area contributed by atoms with E-state index in [1.807, 2.05) is 0 Å². The molecule has 0 saturated heterocycles. The topological polar surface area (TPSA) is 74.6 Å². The number of carboxylic acids is 1. The van der Waals surface area contributed by atoms with Crippen LogP contribution in [-0.4, -0.2) is 27.8 Å². The van der Waals surface area contributed by atoms with Crippen molar-refractivity contribution in [2.24, 2.45) is 0 Å². The highest BCUT2D eigenvalue weighted by molar-refractivity contribution is 6.19. The molecule has 0 bridgehead atoms. The fourth-order valence-electron chi connectivity index (χ4n) is 1.52. The van der Waals surface area contributed by atoms with Gasteiger partial charge in [0.2, 0.25) is 0 Å². The molecule has 4 nitrogen and oxygen atoms in total. The van der Waals surface area contributed by atoms with E-state index in [-0.39, 0.29) is 29.2 Å². The minimum absolute atomic E-state index is 0.115. The number of halogens is 1. The predicted octanol–water partition coefficient (Wildman–Crippen LogP) is 1.92. The highest BCUT2D eigenvalue weighted by Gasteiger charge is 2.22. The fourth-order valence-corrected chi connectivity index (χ4v) is 1.69. The number of aliphatic hydroxyl groups excluding tert-OH is 1. The molecule has 0 aliphatic heterocycles. The van der Waals surface area contributed by atoms with E-state index in [1.54, 1.807) is 13.0 Å². The lowest BCUT2D eigenvalue weighted by Crippen LogP contribution is -2.15. The van der Waals surface area contributed by atoms with Crippen molar-refractivity contribution in [3.63, 3.8) is 0 Å². The van der Waals surface area contributed by atoms with Crippen molar-refractivity contribution in [1.82, 2.24) is 0 Å². The van der Waals surface area contributed by atoms with Crippen molar-refractivity contribution in [3.8, 4) is 0 Å². The van der Waals surface area contributed by atoms with Crippen LogP contribution in [0, 0.1) is 6.92 Å². The summed E-state index contributed by atoms with van der Waals surface area (Å²) in [4.78, 5) is 22.5. The maximum absolute atomic E-state index is 11.7. The Labute approximate surface area is 104 Å². The van der Waals surface area contributed by atoms with E-state index in [1.165, 1.54) is 12.1 Å². The summed E-state index contributed by atoms with van der Waals surface area (Å²) < 4.78 is 0. The third-order valence-corrected chi connectivity index (χ3v) is 2.55. The number of aryl methyl sites for hydroxylation is 1. The molecule has 0 spiro atoms. The zero-order chi connectivity index (χ0) is 13.0. The van der Waals surface area contributed by atoms with Crippen LogP contribution in [-0.2, 0) is 4.79 Å². The summed E-state index contributed by atoms with van der Waals surface area (Å²) in [7, 11) is 0. The molecule has 0 radical (unpaired) electrons. The summed E-state index contributed by atoms with van der Waals surface area (Å²) in [5.74, 6) is -1.49. The molecule has 1 aromatic rings. The van der Waals surface area contributed by atoms with E-state index in [9.17, 15) is 14.7 Å². The third kappa shape index (κ3) is 3.28. The molecular weight excluding hydrogens is 244 g/mol. The first-order valence-corrected chi connectivity index (χ1v) is 5.61. The average Bonchev–Trinajstić information content (AvgIpc) is 2.28. The Balaban J connectivity index is 3.21. The lowest BCUT2D eigenvalue weighted by molar-refractivity contribution is -0.146. The minimum atomic E-state index is -1.69. The number of carbonyl (C=O) groups excluding carboxylic acids is 1. The number of ketones is 1. The van der Waals surface area contributed by atoms with Gasteiger partial charge in [-0.05, 0) is 6.92 Å². The second-order valence-electron chi connectivity index (χ2n) is 3.69. The number of carbonyl (C=O) groups is 2. The van der Waals surface area contributed by atoms with Gasteiger partial charge in [0.1, 0.15) is 0 Å². The van der Waals surface area contributed by atoms with E-state index in [4.69, 9.17) is 16.7 Å². The van der Waals surface area contributed by atoms with Crippen LogP contribution >= 0.6 is 11.6 Å². The molecule has 0 fully saturated rings. The largest absolute Gasteiger partial charge is 0.479 e. The molecule has 1 aromatic carbocycles. The molecule has 1 unspecified atom stereocenters. The van der Waals surface area contributed by atoms with Crippen molar-refractivity contribution < 1.29 is 19.8 Å². The second-order valence-corrected chi connectivity index (χ2v) is 4.07. The predicted molar refractivity (Wildman–Crippen MR) is 63.4 cm³/mol. The lowest BCUT2D eigenvalue weighted by Gasteiger charge is -2.12. The number of aliphatic hydroxyl groups is 1. The number of rotatable bonds is 5. The van der Waals surface area contributed by atoms with Gasteiger partial charge in [0.25, 0.3) is 0 Å². The van der Waals surface area contributed by atoms with Crippen LogP contribution in [0.1, 0.15) is 34.0 Å². The first kappa shape index (κ1) is 13.7. The zero-order valence-electron chi connectivity index (χ0n) is 9.31. The van der Waals surface area contributed by atoms with E-state index in [2.05, 4.69) is 0 Å². The van der Waals surface area contributed by atoms with E-state index >= 15 is 0 Å². The SMILES string of the molecule is Cc1ccc(C(=O)CCCl)c(C(O)C(=O)O)c1. The van der Waals surface area contributed by atoms with Crippen LogP contribution in [0.2, 0.25) is 0 Å².